The Morgan fingerprint density at radius 1 is 1.19 bits per heavy atom. The number of rotatable bonds is 1. The summed E-state index contributed by atoms with van der Waals surface area (Å²) >= 11 is 0. The Kier molecular flexibility index (Phi) is 3.97. The summed E-state index contributed by atoms with van der Waals surface area (Å²) in [5.74, 6) is 1.17. The van der Waals surface area contributed by atoms with E-state index in [-0.39, 0.29) is 34.6 Å². The molecule has 4 nitrogen and oxygen atoms in total. The molecule has 4 rings (SSSR count). The molecule has 7 atom stereocenters. The van der Waals surface area contributed by atoms with Crippen LogP contribution in [0.3, 0.4) is 0 Å². The number of hydrogen-bond acceptors (Lipinski definition) is 4. The summed E-state index contributed by atoms with van der Waals surface area (Å²) in [7, 11) is 0. The molecule has 0 bridgehead atoms. The smallest absolute Gasteiger partial charge is 0.302 e. The summed E-state index contributed by atoms with van der Waals surface area (Å²) < 4.78 is 5.91. The standard InChI is InChI=1S/C22H32O4/c1-13(23)26-18-12-21(3)17(8-10-22(21,4)25)16-6-5-14-11-15(24)7-9-20(14,2)19(16)18/h11,16-19,25H,5-10,12H2,1-4H3/t16-,17-,18+,19?,20-,21-,22-/m0/s1. The van der Waals surface area contributed by atoms with Gasteiger partial charge in [-0.05, 0) is 68.8 Å². The molecule has 144 valence electrons. The second kappa shape index (κ2) is 5.67. The van der Waals surface area contributed by atoms with Crippen molar-refractivity contribution < 1.29 is 19.4 Å². The third-order valence-corrected chi connectivity index (χ3v) is 8.75. The molecule has 0 aromatic carbocycles. The normalized spacial score (nSPS) is 50.3. The number of aliphatic hydroxyl groups is 1. The first-order valence-electron chi connectivity index (χ1n) is 10.2. The van der Waals surface area contributed by atoms with Crippen molar-refractivity contribution in [1.82, 2.24) is 0 Å². The zero-order valence-corrected chi connectivity index (χ0v) is 16.5. The molecule has 3 fully saturated rings. The summed E-state index contributed by atoms with van der Waals surface area (Å²) in [5, 5.41) is 11.1. The van der Waals surface area contributed by atoms with Gasteiger partial charge in [-0.15, -0.1) is 0 Å². The van der Waals surface area contributed by atoms with Crippen molar-refractivity contribution in [2.24, 2.45) is 28.6 Å². The molecule has 4 aliphatic rings. The summed E-state index contributed by atoms with van der Waals surface area (Å²) in [6.45, 7) is 7.94. The third-order valence-electron chi connectivity index (χ3n) is 8.75. The zero-order chi connectivity index (χ0) is 18.9. The lowest BCUT2D eigenvalue weighted by atomic mass is 9.45. The van der Waals surface area contributed by atoms with Crippen molar-refractivity contribution in [3.05, 3.63) is 11.6 Å². The van der Waals surface area contributed by atoms with Crippen LogP contribution in [-0.4, -0.2) is 28.6 Å². The minimum Gasteiger partial charge on any atom is -0.462 e. The molecular formula is C22H32O4. The Balaban J connectivity index is 1.79. The first kappa shape index (κ1) is 18.2. The number of esters is 1. The summed E-state index contributed by atoms with van der Waals surface area (Å²) in [4.78, 5) is 23.9. The Labute approximate surface area is 156 Å². The molecule has 4 heteroatoms. The third kappa shape index (κ3) is 2.37. The number of ketones is 1. The molecule has 0 amide bonds. The van der Waals surface area contributed by atoms with E-state index in [1.54, 1.807) is 0 Å². The Morgan fingerprint density at radius 2 is 1.92 bits per heavy atom. The Bertz CT molecular complexity index is 678. The minimum atomic E-state index is -0.708. The first-order valence-corrected chi connectivity index (χ1v) is 10.2. The van der Waals surface area contributed by atoms with E-state index in [0.717, 1.165) is 38.5 Å². The van der Waals surface area contributed by atoms with Gasteiger partial charge in [-0.2, -0.15) is 0 Å². The molecule has 0 aliphatic heterocycles. The fourth-order valence-electron chi connectivity index (χ4n) is 7.20. The number of allylic oxidation sites excluding steroid dienone is 1. The van der Waals surface area contributed by atoms with E-state index in [9.17, 15) is 14.7 Å². The number of ether oxygens (including phenoxy) is 1. The van der Waals surface area contributed by atoms with E-state index in [4.69, 9.17) is 4.74 Å². The van der Waals surface area contributed by atoms with Crippen LogP contribution >= 0.6 is 0 Å². The zero-order valence-electron chi connectivity index (χ0n) is 16.5. The highest BCUT2D eigenvalue weighted by molar-refractivity contribution is 5.91. The molecule has 0 aromatic rings. The largest absolute Gasteiger partial charge is 0.462 e. The molecule has 0 spiro atoms. The first-order chi connectivity index (χ1) is 12.1. The van der Waals surface area contributed by atoms with Crippen molar-refractivity contribution in [1.29, 1.82) is 0 Å². The van der Waals surface area contributed by atoms with E-state index >= 15 is 0 Å². The van der Waals surface area contributed by atoms with Gasteiger partial charge in [-0.1, -0.05) is 19.4 Å². The van der Waals surface area contributed by atoms with E-state index in [2.05, 4.69) is 13.8 Å². The number of hydrogen-bond donors (Lipinski definition) is 1. The highest BCUT2D eigenvalue weighted by Crippen LogP contribution is 2.67. The van der Waals surface area contributed by atoms with Crippen molar-refractivity contribution >= 4 is 11.8 Å². The van der Waals surface area contributed by atoms with Gasteiger partial charge in [0.2, 0.25) is 0 Å². The van der Waals surface area contributed by atoms with Crippen LogP contribution in [0.1, 0.15) is 72.6 Å². The van der Waals surface area contributed by atoms with Gasteiger partial charge < -0.3 is 9.84 Å². The fraction of sp³-hybridized carbons (Fsp3) is 0.818. The SMILES string of the molecule is CC(=O)O[C@@H]1C[C@@]2(C)[C@@H](CC[C@]2(C)O)[C@@H]2CCC3=CC(=O)CC[C@]3(C)C21. The summed E-state index contributed by atoms with van der Waals surface area (Å²) in [5.41, 5.74) is 0.282. The van der Waals surface area contributed by atoms with Gasteiger partial charge >= 0.3 is 5.97 Å². The van der Waals surface area contributed by atoms with E-state index in [0.29, 0.717) is 18.3 Å². The van der Waals surface area contributed by atoms with Gasteiger partial charge in [0.05, 0.1) is 5.60 Å². The average molecular weight is 360 g/mol. The molecular weight excluding hydrogens is 328 g/mol. The molecule has 0 saturated heterocycles. The van der Waals surface area contributed by atoms with Crippen LogP contribution in [-0.2, 0) is 14.3 Å². The van der Waals surface area contributed by atoms with E-state index in [1.807, 2.05) is 13.0 Å². The molecule has 0 aromatic heterocycles. The van der Waals surface area contributed by atoms with Crippen LogP contribution in [0.25, 0.3) is 0 Å². The van der Waals surface area contributed by atoms with Crippen molar-refractivity contribution in [2.75, 3.05) is 0 Å². The maximum atomic E-state index is 12.0. The predicted octanol–water partition coefficient (Wildman–Crippen LogP) is 3.81. The molecule has 1 N–H and O–H groups in total. The van der Waals surface area contributed by atoms with E-state index in [1.165, 1.54) is 12.5 Å². The lowest BCUT2D eigenvalue weighted by Gasteiger charge is -2.60. The summed E-state index contributed by atoms with van der Waals surface area (Å²) in [6.07, 6.45) is 7.74. The monoisotopic (exact) mass is 360 g/mol. The summed E-state index contributed by atoms with van der Waals surface area (Å²) in [6, 6.07) is 0. The molecule has 26 heavy (non-hydrogen) atoms. The quantitative estimate of drug-likeness (QED) is 0.722. The molecule has 3 saturated carbocycles. The van der Waals surface area contributed by atoms with Gasteiger partial charge in [0.15, 0.2) is 5.78 Å². The number of fused-ring (bicyclic) bond motifs is 5. The van der Waals surface area contributed by atoms with Gasteiger partial charge in [0.1, 0.15) is 6.10 Å². The molecule has 0 radical (unpaired) electrons. The number of carbonyl (C=O) groups is 2. The van der Waals surface area contributed by atoms with Crippen LogP contribution < -0.4 is 0 Å². The van der Waals surface area contributed by atoms with Gasteiger partial charge in [-0.25, -0.2) is 0 Å². The highest BCUT2D eigenvalue weighted by atomic mass is 16.5. The van der Waals surface area contributed by atoms with Crippen molar-refractivity contribution in [3.8, 4) is 0 Å². The highest BCUT2D eigenvalue weighted by Gasteiger charge is 2.65. The maximum Gasteiger partial charge on any atom is 0.302 e. The van der Waals surface area contributed by atoms with Crippen molar-refractivity contribution in [2.45, 2.75) is 84.3 Å². The Morgan fingerprint density at radius 3 is 2.62 bits per heavy atom. The van der Waals surface area contributed by atoms with E-state index < -0.39 is 5.60 Å². The molecule has 1 unspecified atom stereocenters. The van der Waals surface area contributed by atoms with Gasteiger partial charge in [0.25, 0.3) is 0 Å². The number of carbonyl (C=O) groups excluding carboxylic acids is 2. The van der Waals surface area contributed by atoms with Crippen LogP contribution in [0.2, 0.25) is 0 Å². The lowest BCUT2D eigenvalue weighted by Crippen LogP contribution is -2.60. The molecule has 0 heterocycles. The molecule has 4 aliphatic carbocycles. The second-order valence-electron chi connectivity index (χ2n) is 9.97. The predicted molar refractivity (Wildman–Crippen MR) is 98.3 cm³/mol. The topological polar surface area (TPSA) is 63.6 Å². The van der Waals surface area contributed by atoms with Crippen LogP contribution in [0.5, 0.6) is 0 Å². The maximum absolute atomic E-state index is 12.0. The minimum absolute atomic E-state index is 0.0628. The average Bonchev–Trinajstić information content (AvgIpc) is 2.77. The van der Waals surface area contributed by atoms with Crippen LogP contribution in [0, 0.1) is 28.6 Å². The fourth-order valence-corrected chi connectivity index (χ4v) is 7.20. The van der Waals surface area contributed by atoms with Gasteiger partial charge in [-0.3, -0.25) is 9.59 Å². The van der Waals surface area contributed by atoms with Gasteiger partial charge in [0, 0.05) is 24.7 Å². The van der Waals surface area contributed by atoms with Crippen LogP contribution in [0.4, 0.5) is 0 Å². The van der Waals surface area contributed by atoms with Crippen molar-refractivity contribution in [3.63, 3.8) is 0 Å². The Hall–Kier alpha value is -1.16. The lowest BCUT2D eigenvalue weighted by molar-refractivity contribution is -0.189. The van der Waals surface area contributed by atoms with Crippen LogP contribution in [0.15, 0.2) is 11.6 Å². The second-order valence-corrected chi connectivity index (χ2v) is 9.97.